The monoisotopic (exact) mass is 335 g/mol. The van der Waals surface area contributed by atoms with E-state index in [1.165, 1.54) is 19.2 Å². The van der Waals surface area contributed by atoms with E-state index in [0.29, 0.717) is 23.6 Å². The lowest BCUT2D eigenvalue weighted by Gasteiger charge is -2.19. The van der Waals surface area contributed by atoms with Crippen molar-refractivity contribution < 1.29 is 19.4 Å². The Hall–Kier alpha value is -3.21. The Morgan fingerprint density at radius 1 is 1.04 bits per heavy atom. The highest BCUT2D eigenvalue weighted by Crippen LogP contribution is 2.30. The van der Waals surface area contributed by atoms with Gasteiger partial charge >= 0.3 is 0 Å². The van der Waals surface area contributed by atoms with Crippen molar-refractivity contribution in [1.29, 1.82) is 0 Å². The molecule has 0 bridgehead atoms. The molecule has 0 unspecified atom stereocenters. The molecule has 3 rings (SSSR count). The molecule has 1 N–H and O–H groups in total. The maximum atomic E-state index is 13.0. The fourth-order valence-electron chi connectivity index (χ4n) is 2.81. The molecule has 5 heteroatoms. The summed E-state index contributed by atoms with van der Waals surface area (Å²) >= 11 is 0. The molecule has 2 aromatic carbocycles. The van der Waals surface area contributed by atoms with Gasteiger partial charge in [0.2, 0.25) is 5.78 Å². The molecule has 0 radical (unpaired) electrons. The average Bonchev–Trinajstić information content (AvgIpc) is 2.66. The number of nitrogens with zero attached hydrogens (tertiary/aromatic N) is 1. The Morgan fingerprint density at radius 2 is 1.76 bits per heavy atom. The van der Waals surface area contributed by atoms with Crippen LogP contribution in [0.2, 0.25) is 0 Å². The molecule has 2 aromatic rings. The van der Waals surface area contributed by atoms with E-state index < -0.39 is 17.3 Å². The van der Waals surface area contributed by atoms with Gasteiger partial charge in [-0.15, -0.1) is 0 Å². The van der Waals surface area contributed by atoms with Crippen LogP contribution in [0.5, 0.6) is 5.75 Å². The number of allylic oxidation sites excluding steroid dienone is 2. The number of rotatable bonds is 4. The molecule has 0 aromatic heterocycles. The van der Waals surface area contributed by atoms with Crippen LogP contribution < -0.4 is 4.74 Å². The third-order valence-corrected chi connectivity index (χ3v) is 4.00. The number of aliphatic hydroxyl groups excluding tert-OH is 1. The molecule has 0 amide bonds. The number of aliphatic imine (C=N–C) groups is 1. The molecule has 0 saturated heterocycles. The molecule has 1 aliphatic rings. The van der Waals surface area contributed by atoms with Crippen LogP contribution in [0.4, 0.5) is 0 Å². The molecule has 5 nitrogen and oxygen atoms in total. The number of benzene rings is 2. The van der Waals surface area contributed by atoms with Gasteiger partial charge in [0.05, 0.1) is 18.4 Å². The maximum absolute atomic E-state index is 13.0. The van der Waals surface area contributed by atoms with Crippen LogP contribution in [-0.4, -0.2) is 36.0 Å². The second-order valence-electron chi connectivity index (χ2n) is 5.48. The predicted molar refractivity (Wildman–Crippen MR) is 94.8 cm³/mol. The number of ether oxygens (including phenoxy) is 1. The number of hydrogen-bond acceptors (Lipinski definition) is 5. The molecule has 25 heavy (non-hydrogen) atoms. The van der Waals surface area contributed by atoms with Crippen molar-refractivity contribution in [3.8, 4) is 5.75 Å². The molecular weight excluding hydrogens is 318 g/mol. The highest BCUT2D eigenvalue weighted by Gasteiger charge is 2.35. The summed E-state index contributed by atoms with van der Waals surface area (Å²) in [5.74, 6) is -1.14. The number of carbonyl (C=O) groups is 2. The molecular formula is C20H17NO4. The zero-order valence-corrected chi connectivity index (χ0v) is 13.9. The van der Waals surface area contributed by atoms with Crippen LogP contribution >= 0.6 is 0 Å². The Bertz CT molecular complexity index is 911. The van der Waals surface area contributed by atoms with E-state index in [-0.39, 0.29) is 16.7 Å². The summed E-state index contributed by atoms with van der Waals surface area (Å²) < 4.78 is 5.15. The summed E-state index contributed by atoms with van der Waals surface area (Å²) in [5.41, 5.74) is 1.28. The lowest BCUT2D eigenvalue weighted by molar-refractivity contribution is 0.0934. The zero-order valence-electron chi connectivity index (χ0n) is 13.9. The normalized spacial score (nSPS) is 14.6. The zero-order chi connectivity index (χ0) is 18.0. The minimum atomic E-state index is -0.591. The highest BCUT2D eigenvalue weighted by molar-refractivity contribution is 6.40. The molecule has 126 valence electrons. The molecule has 0 atom stereocenters. The van der Waals surface area contributed by atoms with Crippen molar-refractivity contribution in [2.75, 3.05) is 13.7 Å². The van der Waals surface area contributed by atoms with Gasteiger partial charge in [-0.05, 0) is 25.1 Å². The average molecular weight is 335 g/mol. The summed E-state index contributed by atoms with van der Waals surface area (Å²) in [7, 11) is 1.49. The van der Waals surface area contributed by atoms with Gasteiger partial charge < -0.3 is 9.84 Å². The van der Waals surface area contributed by atoms with Crippen LogP contribution in [0.15, 0.2) is 64.9 Å². The van der Waals surface area contributed by atoms with Gasteiger partial charge in [0.15, 0.2) is 11.5 Å². The second-order valence-corrected chi connectivity index (χ2v) is 5.48. The molecule has 0 aliphatic heterocycles. The summed E-state index contributed by atoms with van der Waals surface area (Å²) in [6, 6.07) is 13.6. The molecule has 0 fully saturated rings. The number of fused-ring (bicyclic) bond motifs is 1. The molecule has 0 saturated carbocycles. The number of carbonyl (C=O) groups excluding carboxylic acids is 2. The van der Waals surface area contributed by atoms with E-state index in [4.69, 9.17) is 4.74 Å². The quantitative estimate of drug-likeness (QED) is 0.869. The van der Waals surface area contributed by atoms with Crippen molar-refractivity contribution in [2.24, 2.45) is 4.99 Å². The smallest absolute Gasteiger partial charge is 0.228 e. The Kier molecular flexibility index (Phi) is 4.48. The van der Waals surface area contributed by atoms with Crippen molar-refractivity contribution in [3.63, 3.8) is 0 Å². The minimum Gasteiger partial charge on any atom is -0.504 e. The summed E-state index contributed by atoms with van der Waals surface area (Å²) in [6.07, 6.45) is 0. The van der Waals surface area contributed by atoms with Gasteiger partial charge in [-0.1, -0.05) is 30.3 Å². The van der Waals surface area contributed by atoms with Crippen LogP contribution in [-0.2, 0) is 0 Å². The summed E-state index contributed by atoms with van der Waals surface area (Å²) in [5, 5.41) is 10.4. The molecule has 0 heterocycles. The number of aliphatic hydroxyl groups is 1. The lowest BCUT2D eigenvalue weighted by atomic mass is 9.84. The van der Waals surface area contributed by atoms with Gasteiger partial charge in [0, 0.05) is 23.2 Å². The number of methoxy groups -OCH3 is 1. The first-order valence-electron chi connectivity index (χ1n) is 7.89. The van der Waals surface area contributed by atoms with E-state index in [0.717, 1.165) is 0 Å². The summed E-state index contributed by atoms with van der Waals surface area (Å²) in [4.78, 5) is 29.9. The van der Waals surface area contributed by atoms with Crippen LogP contribution in [0.3, 0.4) is 0 Å². The molecule has 1 aliphatic carbocycles. The topological polar surface area (TPSA) is 76.0 Å². The third kappa shape index (κ3) is 2.85. The van der Waals surface area contributed by atoms with Crippen molar-refractivity contribution in [2.45, 2.75) is 6.92 Å². The van der Waals surface area contributed by atoms with E-state index in [2.05, 4.69) is 4.99 Å². The van der Waals surface area contributed by atoms with E-state index >= 15 is 0 Å². The van der Waals surface area contributed by atoms with Crippen molar-refractivity contribution >= 4 is 17.3 Å². The Balaban J connectivity index is 2.21. The fourth-order valence-corrected chi connectivity index (χ4v) is 2.81. The van der Waals surface area contributed by atoms with Crippen LogP contribution in [0.25, 0.3) is 0 Å². The van der Waals surface area contributed by atoms with Crippen LogP contribution in [0.1, 0.15) is 33.2 Å². The van der Waals surface area contributed by atoms with E-state index in [1.54, 1.807) is 18.2 Å². The van der Waals surface area contributed by atoms with Gasteiger partial charge in [0.25, 0.3) is 0 Å². The van der Waals surface area contributed by atoms with Gasteiger partial charge in [0.1, 0.15) is 5.75 Å². The van der Waals surface area contributed by atoms with Gasteiger partial charge in [-0.25, -0.2) is 0 Å². The third-order valence-electron chi connectivity index (χ3n) is 4.00. The number of Topliss-reactive ketones (excluding diaryl/α,β-unsaturated/α-hetero) is 2. The minimum absolute atomic E-state index is 0.0706. The second kappa shape index (κ2) is 6.73. The number of ketones is 2. The molecule has 0 spiro atoms. The van der Waals surface area contributed by atoms with Gasteiger partial charge in [-0.2, -0.15) is 0 Å². The van der Waals surface area contributed by atoms with Crippen molar-refractivity contribution in [3.05, 3.63) is 76.6 Å². The number of hydrogen-bond donors (Lipinski definition) is 1. The largest absolute Gasteiger partial charge is 0.504 e. The highest BCUT2D eigenvalue weighted by atomic mass is 16.5. The first kappa shape index (κ1) is 16.6. The standard InChI is InChI=1S/C20H17NO4/c1-3-21-17(12-7-5-4-6-8-12)16-18(22)15-11-13(25-2)9-10-14(15)19(23)20(16)24/h4-11,24H,3H2,1-2H3/b21-17-. The Morgan fingerprint density at radius 3 is 2.40 bits per heavy atom. The fraction of sp³-hybridized carbons (Fsp3) is 0.150. The Labute approximate surface area is 145 Å². The first-order chi connectivity index (χ1) is 12.1. The van der Waals surface area contributed by atoms with E-state index in [9.17, 15) is 14.7 Å². The lowest BCUT2D eigenvalue weighted by Crippen LogP contribution is -2.27. The van der Waals surface area contributed by atoms with Crippen molar-refractivity contribution in [1.82, 2.24) is 0 Å². The van der Waals surface area contributed by atoms with Crippen LogP contribution in [0, 0.1) is 0 Å². The van der Waals surface area contributed by atoms with Gasteiger partial charge in [-0.3, -0.25) is 14.6 Å². The SMILES string of the molecule is CC/N=C(\C1=C(O)C(=O)c2ccc(OC)cc2C1=O)c1ccccc1. The summed E-state index contributed by atoms with van der Waals surface area (Å²) in [6.45, 7) is 2.24. The van der Waals surface area contributed by atoms with E-state index in [1.807, 2.05) is 25.1 Å². The maximum Gasteiger partial charge on any atom is 0.228 e. The first-order valence-corrected chi connectivity index (χ1v) is 7.89. The predicted octanol–water partition coefficient (Wildman–Crippen LogP) is 3.40.